The van der Waals surface area contributed by atoms with Crippen molar-refractivity contribution in [3.63, 3.8) is 0 Å². The van der Waals surface area contributed by atoms with E-state index in [1.807, 2.05) is 60.7 Å². The zero-order chi connectivity index (χ0) is 25.8. The van der Waals surface area contributed by atoms with Crippen molar-refractivity contribution in [2.24, 2.45) is 0 Å². The average molecular weight is 496 g/mol. The van der Waals surface area contributed by atoms with Gasteiger partial charge in [0.25, 0.3) is 0 Å². The van der Waals surface area contributed by atoms with E-state index in [4.69, 9.17) is 4.74 Å². The molecule has 1 aromatic heterocycles. The highest BCUT2D eigenvalue weighted by Crippen LogP contribution is 2.44. The summed E-state index contributed by atoms with van der Waals surface area (Å²) in [4.78, 5) is 24.3. The molecule has 1 amide bonds. The Kier molecular flexibility index (Phi) is 6.85. The molecule has 2 N–H and O–H groups in total. The molecule has 3 aromatic carbocycles. The molecular weight excluding hydrogens is 470 g/mol. The second kappa shape index (κ2) is 10.5. The number of aryl methyl sites for hydroxylation is 1. The second-order valence-electron chi connectivity index (χ2n) is 8.94. The molecule has 0 fully saturated rings. The molecule has 5 rings (SSSR count). The van der Waals surface area contributed by atoms with Crippen LogP contribution in [-0.4, -0.2) is 50.2 Å². The SMILES string of the molecule is Cc1nnc(-c2cccc(C[C@@H](CC(=O)O)NC(=O)OCC3c4ccccc4-c4ccccc43)c2)nn1. The van der Waals surface area contributed by atoms with Gasteiger partial charge in [0, 0.05) is 17.5 Å². The summed E-state index contributed by atoms with van der Waals surface area (Å²) < 4.78 is 5.61. The standard InChI is InChI=1S/C28H25N5O4/c1-17-30-32-27(33-31-17)19-8-6-7-18(13-19)14-20(15-26(34)35)29-28(36)37-16-25-23-11-4-2-9-21(23)22-10-3-5-12-24(22)25/h2-13,20,25H,14-16H2,1H3,(H,29,36)(H,34,35)/t20-/m0/s1. The summed E-state index contributed by atoms with van der Waals surface area (Å²) in [6, 6.07) is 22.8. The fourth-order valence-electron chi connectivity index (χ4n) is 4.71. The first-order valence-electron chi connectivity index (χ1n) is 11.9. The number of hydrogen-bond acceptors (Lipinski definition) is 7. The lowest BCUT2D eigenvalue weighted by Gasteiger charge is -2.19. The van der Waals surface area contributed by atoms with Gasteiger partial charge in [-0.15, -0.1) is 20.4 Å². The largest absolute Gasteiger partial charge is 0.481 e. The number of carboxylic acids is 1. The molecule has 0 spiro atoms. The number of hydrogen-bond donors (Lipinski definition) is 2. The molecule has 37 heavy (non-hydrogen) atoms. The van der Waals surface area contributed by atoms with Crippen LogP contribution in [0.2, 0.25) is 0 Å². The fraction of sp³-hybridized carbons (Fsp3) is 0.214. The van der Waals surface area contributed by atoms with Crippen LogP contribution in [0.4, 0.5) is 4.79 Å². The van der Waals surface area contributed by atoms with Crippen LogP contribution in [-0.2, 0) is 16.0 Å². The van der Waals surface area contributed by atoms with Gasteiger partial charge >= 0.3 is 12.1 Å². The van der Waals surface area contributed by atoms with Crippen molar-refractivity contribution >= 4 is 12.1 Å². The number of rotatable bonds is 8. The van der Waals surface area contributed by atoms with Crippen molar-refractivity contribution < 1.29 is 19.4 Å². The predicted molar refractivity (Wildman–Crippen MR) is 136 cm³/mol. The number of benzene rings is 3. The number of nitrogens with one attached hydrogen (secondary N) is 1. The molecule has 1 aliphatic carbocycles. The van der Waals surface area contributed by atoms with E-state index in [1.54, 1.807) is 6.92 Å². The van der Waals surface area contributed by atoms with Crippen LogP contribution >= 0.6 is 0 Å². The molecule has 9 nitrogen and oxygen atoms in total. The molecule has 4 aromatic rings. The lowest BCUT2D eigenvalue weighted by atomic mass is 9.98. The van der Waals surface area contributed by atoms with Crippen molar-refractivity contribution in [2.75, 3.05) is 6.61 Å². The zero-order valence-corrected chi connectivity index (χ0v) is 20.2. The van der Waals surface area contributed by atoms with Gasteiger partial charge in [0.05, 0.1) is 6.42 Å². The van der Waals surface area contributed by atoms with Crippen molar-refractivity contribution in [3.05, 3.63) is 95.3 Å². The normalized spacial score (nSPS) is 12.9. The molecule has 0 bridgehead atoms. The van der Waals surface area contributed by atoms with Gasteiger partial charge in [-0.25, -0.2) is 4.79 Å². The number of alkyl carbamates (subject to hydrolysis) is 1. The smallest absolute Gasteiger partial charge is 0.407 e. The van der Waals surface area contributed by atoms with E-state index in [0.29, 0.717) is 17.2 Å². The Morgan fingerprint density at radius 1 is 0.919 bits per heavy atom. The summed E-state index contributed by atoms with van der Waals surface area (Å²) in [6.45, 7) is 1.85. The zero-order valence-electron chi connectivity index (χ0n) is 20.2. The molecule has 1 heterocycles. The van der Waals surface area contributed by atoms with Crippen LogP contribution in [0.25, 0.3) is 22.5 Å². The minimum absolute atomic E-state index is 0.0792. The van der Waals surface area contributed by atoms with Crippen LogP contribution in [0.1, 0.15) is 34.9 Å². The van der Waals surface area contributed by atoms with Gasteiger partial charge in [-0.3, -0.25) is 4.79 Å². The van der Waals surface area contributed by atoms with Crippen LogP contribution < -0.4 is 5.32 Å². The van der Waals surface area contributed by atoms with E-state index in [0.717, 1.165) is 27.8 Å². The van der Waals surface area contributed by atoms with E-state index in [2.05, 4.69) is 37.8 Å². The van der Waals surface area contributed by atoms with Gasteiger partial charge in [0.2, 0.25) is 5.82 Å². The number of nitrogens with zero attached hydrogens (tertiary/aromatic N) is 4. The first-order valence-corrected chi connectivity index (χ1v) is 11.9. The van der Waals surface area contributed by atoms with Crippen LogP contribution in [0, 0.1) is 6.92 Å². The number of carboxylic acid groups (broad SMARTS) is 1. The van der Waals surface area contributed by atoms with Crippen molar-refractivity contribution in [2.45, 2.75) is 31.7 Å². The molecular formula is C28H25N5O4. The van der Waals surface area contributed by atoms with Crippen LogP contribution in [0.15, 0.2) is 72.8 Å². The third-order valence-corrected chi connectivity index (χ3v) is 6.33. The van der Waals surface area contributed by atoms with Gasteiger partial charge < -0.3 is 15.2 Å². The number of aromatic nitrogens is 4. The minimum atomic E-state index is -1.02. The molecule has 9 heteroatoms. The Hall–Kier alpha value is -4.66. The minimum Gasteiger partial charge on any atom is -0.481 e. The third-order valence-electron chi connectivity index (χ3n) is 6.33. The lowest BCUT2D eigenvalue weighted by molar-refractivity contribution is -0.137. The monoisotopic (exact) mass is 495 g/mol. The summed E-state index contributed by atoms with van der Waals surface area (Å²) in [5, 5.41) is 28.1. The number of carbonyl (C=O) groups excluding carboxylic acids is 1. The summed E-state index contributed by atoms with van der Waals surface area (Å²) in [6.07, 6.45) is -0.616. The van der Waals surface area contributed by atoms with Crippen molar-refractivity contribution in [3.8, 4) is 22.5 Å². The first kappa shape index (κ1) is 24.1. The molecule has 0 saturated heterocycles. The highest BCUT2D eigenvalue weighted by Gasteiger charge is 2.29. The maximum Gasteiger partial charge on any atom is 0.407 e. The molecule has 0 radical (unpaired) electrons. The summed E-state index contributed by atoms with van der Waals surface area (Å²) in [5.74, 6) is -0.264. The van der Waals surface area contributed by atoms with E-state index in [1.165, 1.54) is 0 Å². The lowest BCUT2D eigenvalue weighted by Crippen LogP contribution is -2.39. The Balaban J connectivity index is 1.26. The summed E-state index contributed by atoms with van der Waals surface area (Å²) >= 11 is 0. The fourth-order valence-corrected chi connectivity index (χ4v) is 4.71. The van der Waals surface area contributed by atoms with E-state index < -0.39 is 18.1 Å². The molecule has 1 aliphatic rings. The van der Waals surface area contributed by atoms with Gasteiger partial charge in [0.1, 0.15) is 6.61 Å². The van der Waals surface area contributed by atoms with Gasteiger partial charge in [-0.2, -0.15) is 0 Å². The third kappa shape index (κ3) is 5.45. The molecule has 1 atom stereocenters. The number of amides is 1. The Morgan fingerprint density at radius 2 is 1.57 bits per heavy atom. The van der Waals surface area contributed by atoms with Crippen molar-refractivity contribution in [1.29, 1.82) is 0 Å². The Morgan fingerprint density at radius 3 is 2.22 bits per heavy atom. The summed E-state index contributed by atoms with van der Waals surface area (Å²) in [5.41, 5.74) is 6.01. The van der Waals surface area contributed by atoms with Crippen molar-refractivity contribution in [1.82, 2.24) is 25.7 Å². The van der Waals surface area contributed by atoms with Gasteiger partial charge in [-0.05, 0) is 47.2 Å². The van der Waals surface area contributed by atoms with E-state index in [-0.39, 0.29) is 25.4 Å². The van der Waals surface area contributed by atoms with Gasteiger partial charge in [-0.1, -0.05) is 66.7 Å². The number of fused-ring (bicyclic) bond motifs is 3. The van der Waals surface area contributed by atoms with Crippen LogP contribution in [0.3, 0.4) is 0 Å². The van der Waals surface area contributed by atoms with E-state index in [9.17, 15) is 14.7 Å². The highest BCUT2D eigenvalue weighted by atomic mass is 16.5. The quantitative estimate of drug-likeness (QED) is 0.373. The Bertz CT molecular complexity index is 1400. The van der Waals surface area contributed by atoms with Gasteiger partial charge in [0.15, 0.2) is 5.82 Å². The van der Waals surface area contributed by atoms with E-state index >= 15 is 0 Å². The number of carbonyl (C=O) groups is 2. The van der Waals surface area contributed by atoms with Crippen LogP contribution in [0.5, 0.6) is 0 Å². The molecule has 0 saturated carbocycles. The maximum atomic E-state index is 12.8. The molecule has 186 valence electrons. The average Bonchev–Trinajstić information content (AvgIpc) is 3.21. The summed E-state index contributed by atoms with van der Waals surface area (Å²) in [7, 11) is 0. The second-order valence-corrected chi connectivity index (χ2v) is 8.94. The molecule has 0 unspecified atom stereocenters. The first-order chi connectivity index (χ1) is 18.0. The molecule has 0 aliphatic heterocycles. The number of ether oxygens (including phenoxy) is 1. The highest BCUT2D eigenvalue weighted by molar-refractivity contribution is 5.79. The maximum absolute atomic E-state index is 12.8. The number of aliphatic carboxylic acids is 1. The topological polar surface area (TPSA) is 127 Å². The Labute approximate surface area is 213 Å². The predicted octanol–water partition coefficient (Wildman–Crippen LogP) is 4.17.